The smallest absolute Gasteiger partial charge is 0.254 e. The third-order valence-corrected chi connectivity index (χ3v) is 5.19. The molecule has 1 aliphatic carbocycles. The van der Waals surface area contributed by atoms with Gasteiger partial charge in [0.15, 0.2) is 0 Å². The Kier molecular flexibility index (Phi) is 5.19. The molecular weight excluding hydrogens is 300 g/mol. The van der Waals surface area contributed by atoms with E-state index in [1.54, 1.807) is 4.57 Å². The molecule has 1 N–H and O–H groups in total. The number of pyridine rings is 1. The van der Waals surface area contributed by atoms with E-state index >= 15 is 0 Å². The molecule has 1 aliphatic rings. The van der Waals surface area contributed by atoms with Gasteiger partial charge < -0.3 is 9.88 Å². The Morgan fingerprint density at radius 3 is 2.58 bits per heavy atom. The molecule has 0 saturated heterocycles. The summed E-state index contributed by atoms with van der Waals surface area (Å²) in [5, 5.41) is 8.15. The SMILES string of the molecule is Cc1ccc(CNCc2cn(C)nc2C2CCCCC2)c(=O)n1C. The highest BCUT2D eigenvalue weighted by Gasteiger charge is 2.21. The Morgan fingerprint density at radius 2 is 1.83 bits per heavy atom. The highest BCUT2D eigenvalue weighted by atomic mass is 16.1. The molecule has 0 unspecified atom stereocenters. The number of rotatable bonds is 5. The van der Waals surface area contributed by atoms with Gasteiger partial charge in [0, 0.05) is 56.1 Å². The van der Waals surface area contributed by atoms with Crippen LogP contribution in [-0.4, -0.2) is 14.3 Å². The van der Waals surface area contributed by atoms with E-state index < -0.39 is 0 Å². The van der Waals surface area contributed by atoms with Crippen molar-refractivity contribution in [2.24, 2.45) is 14.1 Å². The molecule has 2 aromatic rings. The quantitative estimate of drug-likeness (QED) is 0.918. The van der Waals surface area contributed by atoms with Gasteiger partial charge in [-0.3, -0.25) is 9.48 Å². The molecule has 1 fully saturated rings. The van der Waals surface area contributed by atoms with E-state index in [1.807, 2.05) is 37.8 Å². The fourth-order valence-electron chi connectivity index (χ4n) is 3.66. The van der Waals surface area contributed by atoms with Crippen molar-refractivity contribution in [2.45, 2.75) is 58.0 Å². The molecule has 5 heteroatoms. The zero-order chi connectivity index (χ0) is 17.1. The predicted molar refractivity (Wildman–Crippen MR) is 96.0 cm³/mol. The van der Waals surface area contributed by atoms with Crippen molar-refractivity contribution in [1.82, 2.24) is 19.7 Å². The van der Waals surface area contributed by atoms with E-state index in [0.29, 0.717) is 12.5 Å². The molecule has 24 heavy (non-hydrogen) atoms. The first-order chi connectivity index (χ1) is 11.6. The van der Waals surface area contributed by atoms with Gasteiger partial charge in [0.2, 0.25) is 0 Å². The Morgan fingerprint density at radius 1 is 1.12 bits per heavy atom. The second kappa shape index (κ2) is 7.34. The van der Waals surface area contributed by atoms with Crippen molar-refractivity contribution in [2.75, 3.05) is 0 Å². The molecule has 0 spiro atoms. The van der Waals surface area contributed by atoms with Crippen molar-refractivity contribution >= 4 is 0 Å². The summed E-state index contributed by atoms with van der Waals surface area (Å²) in [5.41, 5.74) is 4.40. The lowest BCUT2D eigenvalue weighted by atomic mass is 9.85. The van der Waals surface area contributed by atoms with Gasteiger partial charge in [0.05, 0.1) is 5.69 Å². The van der Waals surface area contributed by atoms with Gasteiger partial charge >= 0.3 is 0 Å². The van der Waals surface area contributed by atoms with E-state index in [0.717, 1.165) is 17.8 Å². The van der Waals surface area contributed by atoms with Crippen LogP contribution in [0.4, 0.5) is 0 Å². The van der Waals surface area contributed by atoms with E-state index in [2.05, 4.69) is 11.5 Å². The lowest BCUT2D eigenvalue weighted by Crippen LogP contribution is -2.26. The number of hydrogen-bond donors (Lipinski definition) is 1. The topological polar surface area (TPSA) is 51.9 Å². The van der Waals surface area contributed by atoms with Crippen LogP contribution in [-0.2, 0) is 27.2 Å². The van der Waals surface area contributed by atoms with Gasteiger partial charge in [-0.2, -0.15) is 5.10 Å². The minimum absolute atomic E-state index is 0.0844. The van der Waals surface area contributed by atoms with Crippen LogP contribution in [0.25, 0.3) is 0 Å². The predicted octanol–water partition coefficient (Wildman–Crippen LogP) is 2.76. The summed E-state index contributed by atoms with van der Waals surface area (Å²) in [7, 11) is 3.81. The van der Waals surface area contributed by atoms with E-state index in [9.17, 15) is 4.79 Å². The van der Waals surface area contributed by atoms with E-state index in [-0.39, 0.29) is 5.56 Å². The van der Waals surface area contributed by atoms with Crippen molar-refractivity contribution in [1.29, 1.82) is 0 Å². The highest BCUT2D eigenvalue weighted by Crippen LogP contribution is 2.33. The Bertz CT molecular complexity index is 753. The second-order valence-electron chi connectivity index (χ2n) is 7.02. The molecule has 0 amide bonds. The number of nitrogens with zero attached hydrogens (tertiary/aromatic N) is 3. The first-order valence-corrected chi connectivity index (χ1v) is 8.95. The zero-order valence-corrected chi connectivity index (χ0v) is 15.0. The van der Waals surface area contributed by atoms with Crippen LogP contribution < -0.4 is 10.9 Å². The molecule has 5 nitrogen and oxygen atoms in total. The van der Waals surface area contributed by atoms with Gasteiger partial charge in [-0.1, -0.05) is 25.3 Å². The van der Waals surface area contributed by atoms with Gasteiger partial charge in [-0.25, -0.2) is 0 Å². The molecule has 130 valence electrons. The Hall–Kier alpha value is -1.88. The van der Waals surface area contributed by atoms with Crippen LogP contribution in [0, 0.1) is 6.92 Å². The summed E-state index contributed by atoms with van der Waals surface area (Å²) < 4.78 is 3.63. The third kappa shape index (κ3) is 3.61. The first-order valence-electron chi connectivity index (χ1n) is 8.95. The van der Waals surface area contributed by atoms with E-state index in [1.165, 1.54) is 43.4 Å². The van der Waals surface area contributed by atoms with Gasteiger partial charge in [-0.15, -0.1) is 0 Å². The van der Waals surface area contributed by atoms with Crippen molar-refractivity contribution in [3.05, 3.63) is 51.2 Å². The molecule has 0 bridgehead atoms. The van der Waals surface area contributed by atoms with Crippen LogP contribution in [0.2, 0.25) is 0 Å². The largest absolute Gasteiger partial charge is 0.316 e. The maximum atomic E-state index is 12.3. The summed E-state index contributed by atoms with van der Waals surface area (Å²) in [4.78, 5) is 12.3. The summed E-state index contributed by atoms with van der Waals surface area (Å²) >= 11 is 0. The Labute approximate surface area is 143 Å². The zero-order valence-electron chi connectivity index (χ0n) is 15.0. The van der Waals surface area contributed by atoms with E-state index in [4.69, 9.17) is 5.10 Å². The highest BCUT2D eigenvalue weighted by molar-refractivity contribution is 5.22. The lowest BCUT2D eigenvalue weighted by molar-refractivity contribution is 0.431. The number of aromatic nitrogens is 3. The fourth-order valence-corrected chi connectivity index (χ4v) is 3.66. The molecule has 2 aromatic heterocycles. The summed E-state index contributed by atoms with van der Waals surface area (Å²) in [6, 6.07) is 3.92. The lowest BCUT2D eigenvalue weighted by Gasteiger charge is -2.21. The maximum absolute atomic E-state index is 12.3. The van der Waals surface area contributed by atoms with Gasteiger partial charge in [0.25, 0.3) is 5.56 Å². The number of aryl methyl sites for hydroxylation is 2. The van der Waals surface area contributed by atoms with Crippen molar-refractivity contribution in [3.8, 4) is 0 Å². The molecular formula is C19H28N4O. The van der Waals surface area contributed by atoms with Gasteiger partial charge in [-0.05, 0) is 25.8 Å². The van der Waals surface area contributed by atoms with Crippen LogP contribution in [0.15, 0.2) is 23.1 Å². The third-order valence-electron chi connectivity index (χ3n) is 5.19. The van der Waals surface area contributed by atoms with Crippen molar-refractivity contribution < 1.29 is 0 Å². The normalized spacial score (nSPS) is 15.8. The first kappa shape index (κ1) is 17.0. The second-order valence-corrected chi connectivity index (χ2v) is 7.02. The fraction of sp³-hybridized carbons (Fsp3) is 0.579. The monoisotopic (exact) mass is 328 g/mol. The maximum Gasteiger partial charge on any atom is 0.254 e. The Balaban J connectivity index is 1.67. The van der Waals surface area contributed by atoms with Crippen LogP contribution in [0.5, 0.6) is 0 Å². The minimum atomic E-state index is 0.0844. The van der Waals surface area contributed by atoms with Crippen LogP contribution in [0.3, 0.4) is 0 Å². The summed E-state index contributed by atoms with van der Waals surface area (Å²) in [6.07, 6.45) is 8.60. The molecule has 0 aromatic carbocycles. The molecule has 0 radical (unpaired) electrons. The number of nitrogens with one attached hydrogen (secondary N) is 1. The average Bonchev–Trinajstić information content (AvgIpc) is 2.96. The average molecular weight is 328 g/mol. The summed E-state index contributed by atoms with van der Waals surface area (Å²) in [6.45, 7) is 3.30. The minimum Gasteiger partial charge on any atom is -0.316 e. The molecule has 1 saturated carbocycles. The molecule has 3 rings (SSSR count). The van der Waals surface area contributed by atoms with Crippen LogP contribution in [0.1, 0.15) is 60.5 Å². The van der Waals surface area contributed by atoms with Crippen LogP contribution >= 0.6 is 0 Å². The van der Waals surface area contributed by atoms with Gasteiger partial charge in [0.1, 0.15) is 0 Å². The molecule has 2 heterocycles. The molecule has 0 atom stereocenters. The number of hydrogen-bond acceptors (Lipinski definition) is 3. The van der Waals surface area contributed by atoms with Crippen molar-refractivity contribution in [3.63, 3.8) is 0 Å². The standard InChI is InChI=1S/C19H28N4O/c1-14-9-10-16(19(24)23(14)3)11-20-12-17-13-22(2)21-18(17)15-7-5-4-6-8-15/h9-10,13,15,20H,4-8,11-12H2,1-3H3. The summed E-state index contributed by atoms with van der Waals surface area (Å²) in [5.74, 6) is 0.601. The molecule has 0 aliphatic heterocycles.